The van der Waals surface area contributed by atoms with E-state index in [1.165, 1.54) is 13.8 Å². The SMILES string of the molecule is C=C1[C@@H]2C[C@@H](OC(C)=O)[C@@]3(C)[C@@H](OC(C)=O)CC=C(C)[C@@H]3[C@@H](O)[C@]3(O2)[C@@H](C)C(=O)O[C@H]3[C@H]1Cl. The zero-order chi connectivity index (χ0) is 24.5. The number of esters is 3. The Morgan fingerprint density at radius 3 is 2.45 bits per heavy atom. The first-order chi connectivity index (χ1) is 15.3. The van der Waals surface area contributed by atoms with Crippen molar-refractivity contribution in [2.75, 3.05) is 0 Å². The molecule has 0 aromatic carbocycles. The molecule has 10 atom stereocenters. The summed E-state index contributed by atoms with van der Waals surface area (Å²) in [6.07, 6.45) is -1.88. The highest BCUT2D eigenvalue weighted by Gasteiger charge is 2.72. The summed E-state index contributed by atoms with van der Waals surface area (Å²) in [5.74, 6) is -2.96. The Balaban J connectivity index is 1.95. The number of halogens is 1. The molecule has 1 spiro atoms. The monoisotopic (exact) mass is 482 g/mol. The second kappa shape index (κ2) is 8.10. The van der Waals surface area contributed by atoms with Gasteiger partial charge in [-0.1, -0.05) is 25.2 Å². The molecule has 0 aromatic rings. The van der Waals surface area contributed by atoms with Crippen molar-refractivity contribution in [1.82, 2.24) is 0 Å². The highest BCUT2D eigenvalue weighted by atomic mass is 35.5. The lowest BCUT2D eigenvalue weighted by molar-refractivity contribution is -0.262. The van der Waals surface area contributed by atoms with Crippen LogP contribution in [0.1, 0.15) is 47.5 Å². The average Bonchev–Trinajstić information content (AvgIpc) is 2.98. The molecule has 8 nitrogen and oxygen atoms in total. The van der Waals surface area contributed by atoms with Gasteiger partial charge >= 0.3 is 17.9 Å². The van der Waals surface area contributed by atoms with Crippen LogP contribution in [0.4, 0.5) is 0 Å². The fourth-order valence-electron chi connectivity index (χ4n) is 6.42. The summed E-state index contributed by atoms with van der Waals surface area (Å²) in [7, 11) is 0. The third kappa shape index (κ3) is 3.36. The summed E-state index contributed by atoms with van der Waals surface area (Å²) in [5, 5.41) is 11.3. The predicted octanol–water partition coefficient (Wildman–Crippen LogP) is 2.45. The van der Waals surface area contributed by atoms with Crippen LogP contribution in [0.2, 0.25) is 0 Å². The smallest absolute Gasteiger partial charge is 0.312 e. The fourth-order valence-corrected chi connectivity index (χ4v) is 6.81. The highest BCUT2D eigenvalue weighted by molar-refractivity contribution is 6.23. The number of hydrogen-bond donors (Lipinski definition) is 1. The van der Waals surface area contributed by atoms with Gasteiger partial charge in [0.2, 0.25) is 0 Å². The predicted molar refractivity (Wildman–Crippen MR) is 117 cm³/mol. The van der Waals surface area contributed by atoms with Crippen LogP contribution in [-0.4, -0.2) is 64.5 Å². The van der Waals surface area contributed by atoms with E-state index in [4.69, 9.17) is 30.5 Å². The van der Waals surface area contributed by atoms with E-state index >= 15 is 0 Å². The van der Waals surface area contributed by atoms with Crippen LogP contribution in [0.3, 0.4) is 0 Å². The van der Waals surface area contributed by atoms with Crippen LogP contribution < -0.4 is 0 Å². The van der Waals surface area contributed by atoms with Gasteiger partial charge < -0.3 is 24.1 Å². The molecule has 0 unspecified atom stereocenters. The van der Waals surface area contributed by atoms with Crippen LogP contribution in [0.25, 0.3) is 0 Å². The van der Waals surface area contributed by atoms with Gasteiger partial charge in [-0.3, -0.25) is 14.4 Å². The van der Waals surface area contributed by atoms with Crippen LogP contribution in [-0.2, 0) is 33.3 Å². The van der Waals surface area contributed by atoms with Crippen LogP contribution in [0.5, 0.6) is 0 Å². The highest BCUT2D eigenvalue weighted by Crippen LogP contribution is 2.59. The third-order valence-corrected chi connectivity index (χ3v) is 8.63. The van der Waals surface area contributed by atoms with Gasteiger partial charge in [0, 0.05) is 32.6 Å². The molecule has 1 aliphatic carbocycles. The van der Waals surface area contributed by atoms with Crippen molar-refractivity contribution < 1.29 is 38.4 Å². The molecule has 3 saturated heterocycles. The second-order valence-electron chi connectivity index (χ2n) is 9.92. The van der Waals surface area contributed by atoms with Crippen molar-refractivity contribution in [3.8, 4) is 0 Å². The van der Waals surface area contributed by atoms with E-state index in [2.05, 4.69) is 6.58 Å². The van der Waals surface area contributed by atoms with E-state index in [1.807, 2.05) is 19.9 Å². The minimum atomic E-state index is -1.43. The normalized spacial score (nSPS) is 46.7. The number of ether oxygens (including phenoxy) is 4. The number of fused-ring (bicyclic) bond motifs is 2. The standard InChI is InChI=1S/C24H31ClO8/c1-10-7-8-16(30-13(4)26)23(6)17(31-14(5)27)9-15-11(2)19(25)21-24(33-15,20(28)18(10)23)12(3)22(29)32-21/h7,12,15-21,28H,2,8-9H2,1,3-6H3/t12-,15-,16-,17+,18+,19-,20+,21-,23+,24+/m0/s1. The first-order valence-electron chi connectivity index (χ1n) is 11.3. The molecule has 182 valence electrons. The average molecular weight is 483 g/mol. The van der Waals surface area contributed by atoms with Gasteiger partial charge in [0.15, 0.2) is 6.10 Å². The zero-order valence-corrected chi connectivity index (χ0v) is 20.3. The van der Waals surface area contributed by atoms with Gasteiger partial charge in [0.05, 0.1) is 28.9 Å². The van der Waals surface area contributed by atoms with Crippen LogP contribution in [0.15, 0.2) is 23.8 Å². The molecule has 3 heterocycles. The summed E-state index contributed by atoms with van der Waals surface area (Å²) < 4.78 is 23.6. The summed E-state index contributed by atoms with van der Waals surface area (Å²) in [5.41, 5.74) is -1.14. The molecule has 2 bridgehead atoms. The Hall–Kier alpha value is -1.90. The fraction of sp³-hybridized carbons (Fsp3) is 0.708. The number of aliphatic hydroxyl groups excluding tert-OH is 1. The minimum absolute atomic E-state index is 0.182. The maximum atomic E-state index is 12.7. The van der Waals surface area contributed by atoms with Crippen molar-refractivity contribution in [2.24, 2.45) is 17.3 Å². The molecule has 33 heavy (non-hydrogen) atoms. The van der Waals surface area contributed by atoms with Gasteiger partial charge in [-0.05, 0) is 19.4 Å². The number of carbonyl (C=O) groups excluding carboxylic acids is 3. The van der Waals surface area contributed by atoms with Crippen LogP contribution >= 0.6 is 11.6 Å². The Morgan fingerprint density at radius 1 is 1.24 bits per heavy atom. The largest absolute Gasteiger partial charge is 0.462 e. The zero-order valence-electron chi connectivity index (χ0n) is 19.5. The van der Waals surface area contributed by atoms with E-state index in [-0.39, 0.29) is 6.42 Å². The van der Waals surface area contributed by atoms with Gasteiger partial charge in [0.1, 0.15) is 17.8 Å². The van der Waals surface area contributed by atoms with Gasteiger partial charge in [0.25, 0.3) is 0 Å². The van der Waals surface area contributed by atoms with Crippen molar-refractivity contribution in [3.63, 3.8) is 0 Å². The first-order valence-corrected chi connectivity index (χ1v) is 11.7. The summed E-state index contributed by atoms with van der Waals surface area (Å²) in [6.45, 7) is 12.1. The Morgan fingerprint density at radius 2 is 1.85 bits per heavy atom. The molecule has 3 aliphatic heterocycles. The summed E-state index contributed by atoms with van der Waals surface area (Å²) >= 11 is 6.72. The molecule has 9 heteroatoms. The molecule has 0 aromatic heterocycles. The van der Waals surface area contributed by atoms with E-state index < -0.39 is 76.7 Å². The van der Waals surface area contributed by atoms with E-state index in [0.29, 0.717) is 12.0 Å². The lowest BCUT2D eigenvalue weighted by Crippen LogP contribution is -2.71. The lowest BCUT2D eigenvalue weighted by atomic mass is 9.54. The number of aliphatic hydroxyl groups is 1. The van der Waals surface area contributed by atoms with Crippen molar-refractivity contribution in [1.29, 1.82) is 0 Å². The molecule has 1 N–H and O–H groups in total. The number of carbonyl (C=O) groups is 3. The quantitative estimate of drug-likeness (QED) is 0.277. The maximum absolute atomic E-state index is 12.7. The topological polar surface area (TPSA) is 108 Å². The summed E-state index contributed by atoms with van der Waals surface area (Å²) in [6, 6.07) is 0. The van der Waals surface area contributed by atoms with Crippen molar-refractivity contribution >= 4 is 29.5 Å². The Labute approximate surface area is 198 Å². The molecular formula is C24H31ClO8. The van der Waals surface area contributed by atoms with E-state index in [9.17, 15) is 19.5 Å². The number of hydrogen-bond acceptors (Lipinski definition) is 8. The molecular weight excluding hydrogens is 452 g/mol. The van der Waals surface area contributed by atoms with E-state index in [0.717, 1.165) is 5.57 Å². The molecule has 0 amide bonds. The summed E-state index contributed by atoms with van der Waals surface area (Å²) in [4.78, 5) is 36.9. The minimum Gasteiger partial charge on any atom is -0.462 e. The molecule has 4 rings (SSSR count). The first kappa shape index (κ1) is 24.2. The van der Waals surface area contributed by atoms with Gasteiger partial charge in [-0.2, -0.15) is 0 Å². The van der Waals surface area contributed by atoms with Crippen molar-refractivity contribution in [3.05, 3.63) is 23.8 Å². The van der Waals surface area contributed by atoms with E-state index in [1.54, 1.807) is 6.92 Å². The molecule has 0 saturated carbocycles. The second-order valence-corrected chi connectivity index (χ2v) is 10.4. The number of alkyl halides is 1. The van der Waals surface area contributed by atoms with Crippen LogP contribution in [0, 0.1) is 17.3 Å². The Bertz CT molecular complexity index is 929. The maximum Gasteiger partial charge on any atom is 0.312 e. The molecule has 0 radical (unpaired) electrons. The lowest BCUT2D eigenvalue weighted by Gasteiger charge is -2.59. The van der Waals surface area contributed by atoms with Gasteiger partial charge in [-0.15, -0.1) is 11.6 Å². The third-order valence-electron chi connectivity index (χ3n) is 8.12. The molecule has 4 aliphatic rings. The Kier molecular flexibility index (Phi) is 5.95. The molecule has 3 fully saturated rings. The number of rotatable bonds is 2. The van der Waals surface area contributed by atoms with Gasteiger partial charge in [-0.25, -0.2) is 0 Å². The van der Waals surface area contributed by atoms with Crippen molar-refractivity contribution in [2.45, 2.75) is 89.0 Å².